The van der Waals surface area contributed by atoms with Crippen molar-refractivity contribution >= 4 is 37.8 Å². The molecule has 0 spiro atoms. The third-order valence-electron chi connectivity index (χ3n) is 2.25. The highest BCUT2D eigenvalue weighted by Crippen LogP contribution is 2.18. The fourth-order valence-corrected chi connectivity index (χ4v) is 2.38. The van der Waals surface area contributed by atoms with E-state index in [2.05, 4.69) is 42.2 Å². The number of nitrogens with zero attached hydrogens (tertiary/aromatic N) is 1. The molecule has 17 heavy (non-hydrogen) atoms. The summed E-state index contributed by atoms with van der Waals surface area (Å²) >= 11 is 6.76. The Morgan fingerprint density at radius 1 is 1.53 bits per heavy atom. The van der Waals surface area contributed by atoms with Gasteiger partial charge in [0.2, 0.25) is 0 Å². The SMILES string of the molecule is COc1cnccc1C(=O)NC(C)(CBr)CBr. The van der Waals surface area contributed by atoms with Gasteiger partial charge in [0, 0.05) is 16.9 Å². The van der Waals surface area contributed by atoms with Crippen LogP contribution >= 0.6 is 31.9 Å². The fraction of sp³-hybridized carbons (Fsp3) is 0.455. The number of nitrogens with one attached hydrogen (secondary N) is 1. The van der Waals surface area contributed by atoms with Crippen molar-refractivity contribution in [3.05, 3.63) is 24.0 Å². The Labute approximate surface area is 117 Å². The smallest absolute Gasteiger partial charge is 0.255 e. The number of carbonyl (C=O) groups excluding carboxylic acids is 1. The summed E-state index contributed by atoms with van der Waals surface area (Å²) < 4.78 is 5.10. The van der Waals surface area contributed by atoms with Crippen LogP contribution in [0.15, 0.2) is 18.5 Å². The summed E-state index contributed by atoms with van der Waals surface area (Å²) in [7, 11) is 1.52. The number of hydrogen-bond acceptors (Lipinski definition) is 3. The number of amides is 1. The second kappa shape index (κ2) is 6.35. The first-order valence-corrected chi connectivity index (χ1v) is 7.23. The summed E-state index contributed by atoms with van der Waals surface area (Å²) in [6.07, 6.45) is 3.09. The topological polar surface area (TPSA) is 51.2 Å². The number of methoxy groups -OCH3 is 1. The van der Waals surface area contributed by atoms with E-state index in [1.165, 1.54) is 13.3 Å². The zero-order valence-electron chi connectivity index (χ0n) is 9.67. The largest absolute Gasteiger partial charge is 0.494 e. The molecular weight excluding hydrogens is 352 g/mol. The molecule has 0 bridgehead atoms. The van der Waals surface area contributed by atoms with Crippen LogP contribution in [-0.2, 0) is 0 Å². The number of rotatable bonds is 5. The minimum Gasteiger partial charge on any atom is -0.494 e. The molecule has 0 saturated heterocycles. The molecule has 0 aromatic carbocycles. The van der Waals surface area contributed by atoms with E-state index in [0.717, 1.165) is 0 Å². The van der Waals surface area contributed by atoms with Crippen LogP contribution in [0, 0.1) is 0 Å². The average molecular weight is 366 g/mol. The predicted octanol–water partition coefficient (Wildman–Crippen LogP) is 2.37. The number of carbonyl (C=O) groups is 1. The molecule has 0 aliphatic rings. The van der Waals surface area contributed by atoms with Gasteiger partial charge in [0.15, 0.2) is 0 Å². The second-order valence-corrected chi connectivity index (χ2v) is 4.98. The van der Waals surface area contributed by atoms with Crippen LogP contribution < -0.4 is 10.1 Å². The van der Waals surface area contributed by atoms with E-state index < -0.39 is 0 Å². The molecule has 1 aromatic heterocycles. The summed E-state index contributed by atoms with van der Waals surface area (Å²) in [6.45, 7) is 1.95. The number of aromatic nitrogens is 1. The van der Waals surface area contributed by atoms with Crippen molar-refractivity contribution in [1.29, 1.82) is 0 Å². The molecule has 1 rings (SSSR count). The maximum Gasteiger partial charge on any atom is 0.255 e. The lowest BCUT2D eigenvalue weighted by Gasteiger charge is -2.26. The van der Waals surface area contributed by atoms with Gasteiger partial charge in [-0.1, -0.05) is 31.9 Å². The van der Waals surface area contributed by atoms with Crippen molar-refractivity contribution < 1.29 is 9.53 Å². The number of ether oxygens (including phenoxy) is 1. The summed E-state index contributed by atoms with van der Waals surface area (Å²) in [4.78, 5) is 16.0. The Hall–Kier alpha value is -0.620. The normalized spacial score (nSPS) is 11.1. The van der Waals surface area contributed by atoms with Crippen LogP contribution in [0.5, 0.6) is 5.75 Å². The number of hydrogen-bond donors (Lipinski definition) is 1. The summed E-state index contributed by atoms with van der Waals surface area (Å²) in [5.74, 6) is 0.294. The molecule has 0 radical (unpaired) electrons. The lowest BCUT2D eigenvalue weighted by molar-refractivity contribution is 0.0919. The summed E-state index contributed by atoms with van der Waals surface area (Å²) in [6, 6.07) is 1.64. The highest BCUT2D eigenvalue weighted by molar-refractivity contribution is 9.09. The van der Waals surface area contributed by atoms with E-state index in [9.17, 15) is 4.79 Å². The van der Waals surface area contributed by atoms with Crippen molar-refractivity contribution in [3.8, 4) is 5.75 Å². The molecule has 0 saturated carbocycles. The van der Waals surface area contributed by atoms with Gasteiger partial charge in [-0.2, -0.15) is 0 Å². The van der Waals surface area contributed by atoms with E-state index in [4.69, 9.17) is 4.74 Å². The molecule has 4 nitrogen and oxygen atoms in total. The first kappa shape index (κ1) is 14.4. The van der Waals surface area contributed by atoms with E-state index >= 15 is 0 Å². The van der Waals surface area contributed by atoms with Gasteiger partial charge < -0.3 is 10.1 Å². The van der Waals surface area contributed by atoms with Crippen LogP contribution in [0.1, 0.15) is 17.3 Å². The Morgan fingerprint density at radius 2 is 2.18 bits per heavy atom. The average Bonchev–Trinajstić information content (AvgIpc) is 2.38. The molecule has 1 heterocycles. The lowest BCUT2D eigenvalue weighted by Crippen LogP contribution is -2.49. The molecule has 1 amide bonds. The van der Waals surface area contributed by atoms with Gasteiger partial charge in [0.1, 0.15) is 5.75 Å². The molecule has 1 aromatic rings. The zero-order chi connectivity index (χ0) is 12.9. The number of alkyl halides is 2. The minimum atomic E-state index is -0.342. The van der Waals surface area contributed by atoms with Crippen LogP contribution in [0.4, 0.5) is 0 Å². The summed E-state index contributed by atoms with van der Waals surface area (Å²) in [5.41, 5.74) is 0.140. The Morgan fingerprint density at radius 3 is 2.71 bits per heavy atom. The van der Waals surface area contributed by atoms with E-state index in [-0.39, 0.29) is 11.4 Å². The van der Waals surface area contributed by atoms with Gasteiger partial charge in [-0.3, -0.25) is 9.78 Å². The Bertz CT molecular complexity index is 395. The molecule has 0 aliphatic heterocycles. The van der Waals surface area contributed by atoms with E-state index in [0.29, 0.717) is 22.0 Å². The fourth-order valence-electron chi connectivity index (χ4n) is 1.17. The molecule has 1 N–H and O–H groups in total. The molecular formula is C11H14Br2N2O2. The van der Waals surface area contributed by atoms with Crippen molar-refractivity contribution in [2.45, 2.75) is 12.5 Å². The highest BCUT2D eigenvalue weighted by Gasteiger charge is 2.25. The Kier molecular flexibility index (Phi) is 5.39. The van der Waals surface area contributed by atoms with Crippen LogP contribution in [-0.4, -0.2) is 34.2 Å². The first-order valence-electron chi connectivity index (χ1n) is 4.99. The van der Waals surface area contributed by atoms with E-state index in [1.54, 1.807) is 12.3 Å². The van der Waals surface area contributed by atoms with Crippen molar-refractivity contribution in [2.75, 3.05) is 17.8 Å². The number of halogens is 2. The van der Waals surface area contributed by atoms with Gasteiger partial charge in [-0.05, 0) is 13.0 Å². The second-order valence-electron chi connectivity index (χ2n) is 3.86. The van der Waals surface area contributed by atoms with Gasteiger partial charge in [0.25, 0.3) is 5.91 Å². The van der Waals surface area contributed by atoms with Crippen LogP contribution in [0.25, 0.3) is 0 Å². The van der Waals surface area contributed by atoms with E-state index in [1.807, 2.05) is 6.92 Å². The van der Waals surface area contributed by atoms with Crippen molar-refractivity contribution in [1.82, 2.24) is 10.3 Å². The Balaban J connectivity index is 2.90. The molecule has 0 aliphatic carbocycles. The molecule has 0 unspecified atom stereocenters. The molecule has 6 heteroatoms. The van der Waals surface area contributed by atoms with Gasteiger partial charge >= 0.3 is 0 Å². The number of pyridine rings is 1. The maximum atomic E-state index is 12.1. The standard InChI is InChI=1S/C11H14Br2N2O2/c1-11(6-12,7-13)15-10(16)8-3-4-14-5-9(8)17-2/h3-5H,6-7H2,1-2H3,(H,15,16). The van der Waals surface area contributed by atoms with Crippen LogP contribution in [0.3, 0.4) is 0 Å². The third-order valence-corrected chi connectivity index (χ3v) is 4.73. The van der Waals surface area contributed by atoms with Crippen molar-refractivity contribution in [3.63, 3.8) is 0 Å². The highest BCUT2D eigenvalue weighted by atomic mass is 79.9. The molecule has 94 valence electrons. The summed E-state index contributed by atoms with van der Waals surface area (Å²) in [5, 5.41) is 4.26. The quantitative estimate of drug-likeness (QED) is 0.815. The zero-order valence-corrected chi connectivity index (χ0v) is 12.8. The van der Waals surface area contributed by atoms with Gasteiger partial charge in [-0.25, -0.2) is 0 Å². The third kappa shape index (κ3) is 3.67. The first-order chi connectivity index (χ1) is 8.06. The monoisotopic (exact) mass is 364 g/mol. The maximum absolute atomic E-state index is 12.1. The van der Waals surface area contributed by atoms with Crippen LogP contribution in [0.2, 0.25) is 0 Å². The van der Waals surface area contributed by atoms with Gasteiger partial charge in [-0.15, -0.1) is 0 Å². The lowest BCUT2D eigenvalue weighted by atomic mass is 10.1. The van der Waals surface area contributed by atoms with Crippen molar-refractivity contribution in [2.24, 2.45) is 0 Å². The predicted molar refractivity (Wildman–Crippen MR) is 74.2 cm³/mol. The van der Waals surface area contributed by atoms with Gasteiger partial charge in [0.05, 0.1) is 24.4 Å². The molecule has 0 atom stereocenters. The minimum absolute atomic E-state index is 0.175. The molecule has 0 fully saturated rings.